The molecule has 0 aromatic heterocycles. The third kappa shape index (κ3) is 1.38. The van der Waals surface area contributed by atoms with Gasteiger partial charge in [-0.15, -0.1) is 0 Å². The van der Waals surface area contributed by atoms with E-state index >= 15 is 0 Å². The van der Waals surface area contributed by atoms with Crippen molar-refractivity contribution < 1.29 is 17.9 Å². The maximum absolute atomic E-state index is 12.5. The van der Waals surface area contributed by atoms with Gasteiger partial charge in [-0.25, -0.2) is 0 Å². The number of alkyl halides is 3. The molecule has 0 spiro atoms. The molecular weight excluding hydrogens is 217 g/mol. The van der Waals surface area contributed by atoms with Crippen molar-refractivity contribution in [2.24, 2.45) is 0 Å². The van der Waals surface area contributed by atoms with Crippen molar-refractivity contribution in [2.45, 2.75) is 11.8 Å². The summed E-state index contributed by atoms with van der Waals surface area (Å²) in [6.07, 6.45) is -4.38. The van der Waals surface area contributed by atoms with Crippen LogP contribution in [0.3, 0.4) is 0 Å². The summed E-state index contributed by atoms with van der Waals surface area (Å²) in [5.74, 6) is 0. The Morgan fingerprint density at radius 2 is 2.00 bits per heavy atom. The molecule has 0 aliphatic carbocycles. The molecule has 1 aliphatic heterocycles. The molecular formula is C9H6ClF3O. The third-order valence-electron chi connectivity index (χ3n) is 2.18. The number of hydrogen-bond acceptors (Lipinski definition) is 1. The van der Waals surface area contributed by atoms with Crippen molar-refractivity contribution >= 4 is 11.6 Å². The van der Waals surface area contributed by atoms with E-state index < -0.39 is 11.8 Å². The maximum Gasteiger partial charge on any atom is 0.424 e. The predicted molar refractivity (Wildman–Crippen MR) is 45.1 cm³/mol. The van der Waals surface area contributed by atoms with Crippen LogP contribution in [-0.2, 0) is 10.3 Å². The minimum absolute atomic E-state index is 0.0671. The molecule has 1 aromatic carbocycles. The average Bonchev–Trinajstić information content (AvgIpc) is 2.82. The average molecular weight is 223 g/mol. The summed E-state index contributed by atoms with van der Waals surface area (Å²) in [6, 6.07) is 5.65. The zero-order valence-corrected chi connectivity index (χ0v) is 7.69. The van der Waals surface area contributed by atoms with Crippen LogP contribution in [0.15, 0.2) is 24.3 Å². The second-order valence-corrected chi connectivity index (χ2v) is 3.56. The first kappa shape index (κ1) is 9.80. The van der Waals surface area contributed by atoms with Crippen molar-refractivity contribution in [3.8, 4) is 0 Å². The van der Waals surface area contributed by atoms with E-state index in [0.29, 0.717) is 0 Å². The lowest BCUT2D eigenvalue weighted by Gasteiger charge is -2.16. The van der Waals surface area contributed by atoms with Crippen molar-refractivity contribution in [3.63, 3.8) is 0 Å². The second-order valence-electron chi connectivity index (χ2n) is 3.12. The standard InChI is InChI=1S/C9H6ClF3O/c10-7-3-1-2-6(4-7)8(5-14-8)9(11,12)13/h1-4H,5H2. The van der Waals surface area contributed by atoms with Gasteiger partial charge >= 0.3 is 6.18 Å². The molecule has 0 radical (unpaired) electrons. The lowest BCUT2D eigenvalue weighted by Crippen LogP contribution is -2.30. The molecule has 5 heteroatoms. The van der Waals surface area contributed by atoms with Gasteiger partial charge in [-0.3, -0.25) is 0 Å². The first-order valence-corrected chi connectivity index (χ1v) is 4.30. The molecule has 14 heavy (non-hydrogen) atoms. The highest BCUT2D eigenvalue weighted by atomic mass is 35.5. The summed E-state index contributed by atoms with van der Waals surface area (Å²) < 4.78 is 42.2. The Bertz CT molecular complexity index is 357. The van der Waals surface area contributed by atoms with Gasteiger partial charge in [-0.1, -0.05) is 23.7 Å². The van der Waals surface area contributed by atoms with Crippen LogP contribution in [0, 0.1) is 0 Å². The zero-order chi connectivity index (χ0) is 10.4. The highest BCUT2D eigenvalue weighted by Gasteiger charge is 2.67. The van der Waals surface area contributed by atoms with Crippen LogP contribution in [0.1, 0.15) is 5.56 Å². The highest BCUT2D eigenvalue weighted by molar-refractivity contribution is 6.30. The molecule has 76 valence electrons. The summed E-state index contributed by atoms with van der Waals surface area (Å²) in [5, 5.41) is 0.279. The summed E-state index contributed by atoms with van der Waals surface area (Å²) in [4.78, 5) is 0. The number of benzene rings is 1. The molecule has 1 fully saturated rings. The summed E-state index contributed by atoms with van der Waals surface area (Å²) in [5.41, 5.74) is -2.05. The maximum atomic E-state index is 12.5. The normalized spacial score (nSPS) is 26.3. The lowest BCUT2D eigenvalue weighted by atomic mass is 10.00. The largest absolute Gasteiger partial charge is 0.424 e. The van der Waals surface area contributed by atoms with E-state index in [9.17, 15) is 13.2 Å². The van der Waals surface area contributed by atoms with E-state index in [-0.39, 0.29) is 17.2 Å². The fourth-order valence-electron chi connectivity index (χ4n) is 1.31. The molecule has 1 aromatic rings. The van der Waals surface area contributed by atoms with Gasteiger partial charge in [0.2, 0.25) is 5.60 Å². The Morgan fingerprint density at radius 3 is 2.43 bits per heavy atom. The monoisotopic (exact) mass is 222 g/mol. The molecule has 1 atom stereocenters. The van der Waals surface area contributed by atoms with Crippen LogP contribution in [-0.4, -0.2) is 12.8 Å². The van der Waals surface area contributed by atoms with E-state index in [4.69, 9.17) is 11.6 Å². The van der Waals surface area contributed by atoms with E-state index in [1.165, 1.54) is 24.3 Å². The van der Waals surface area contributed by atoms with Gasteiger partial charge in [0.05, 0.1) is 6.61 Å². The molecule has 0 amide bonds. The summed E-state index contributed by atoms with van der Waals surface area (Å²) >= 11 is 5.61. The molecule has 1 aliphatic rings. The second kappa shape index (κ2) is 2.87. The van der Waals surface area contributed by atoms with Gasteiger partial charge < -0.3 is 4.74 Å². The first-order valence-electron chi connectivity index (χ1n) is 3.92. The minimum atomic E-state index is -4.38. The first-order chi connectivity index (χ1) is 6.46. The fourth-order valence-corrected chi connectivity index (χ4v) is 1.50. The molecule has 1 unspecified atom stereocenters. The zero-order valence-electron chi connectivity index (χ0n) is 6.94. The molecule has 0 saturated carbocycles. The minimum Gasteiger partial charge on any atom is -0.355 e. The topological polar surface area (TPSA) is 12.5 Å². The Morgan fingerprint density at radius 1 is 1.36 bits per heavy atom. The van der Waals surface area contributed by atoms with E-state index in [2.05, 4.69) is 4.74 Å². The Kier molecular flexibility index (Phi) is 2.01. The quantitative estimate of drug-likeness (QED) is 0.665. The van der Waals surface area contributed by atoms with Gasteiger partial charge in [-0.2, -0.15) is 13.2 Å². The lowest BCUT2D eigenvalue weighted by molar-refractivity contribution is -0.187. The van der Waals surface area contributed by atoms with Gasteiger partial charge in [-0.05, 0) is 17.7 Å². The van der Waals surface area contributed by atoms with Gasteiger partial charge in [0.1, 0.15) is 0 Å². The number of rotatable bonds is 1. The summed E-state index contributed by atoms with van der Waals surface area (Å²) in [6.45, 7) is -0.323. The number of ether oxygens (including phenoxy) is 1. The van der Waals surface area contributed by atoms with Crippen LogP contribution in [0.25, 0.3) is 0 Å². The molecule has 0 N–H and O–H groups in total. The van der Waals surface area contributed by atoms with Crippen molar-refractivity contribution in [1.82, 2.24) is 0 Å². The Balaban J connectivity index is 2.41. The highest BCUT2D eigenvalue weighted by Crippen LogP contribution is 2.51. The van der Waals surface area contributed by atoms with Crippen LogP contribution >= 0.6 is 11.6 Å². The van der Waals surface area contributed by atoms with E-state index in [0.717, 1.165) is 0 Å². The molecule has 1 heterocycles. The molecule has 1 saturated heterocycles. The van der Waals surface area contributed by atoms with E-state index in [1.807, 2.05) is 0 Å². The third-order valence-corrected chi connectivity index (χ3v) is 2.42. The van der Waals surface area contributed by atoms with Crippen molar-refractivity contribution in [3.05, 3.63) is 34.9 Å². The van der Waals surface area contributed by atoms with Crippen LogP contribution in [0.5, 0.6) is 0 Å². The van der Waals surface area contributed by atoms with Gasteiger partial charge in [0, 0.05) is 5.02 Å². The van der Waals surface area contributed by atoms with E-state index in [1.54, 1.807) is 0 Å². The Labute approximate surface area is 83.4 Å². The number of epoxide rings is 1. The molecule has 0 bridgehead atoms. The van der Waals surface area contributed by atoms with Crippen LogP contribution in [0.2, 0.25) is 5.02 Å². The van der Waals surface area contributed by atoms with Crippen molar-refractivity contribution in [1.29, 1.82) is 0 Å². The Hall–Kier alpha value is -0.740. The van der Waals surface area contributed by atoms with Crippen molar-refractivity contribution in [2.75, 3.05) is 6.61 Å². The molecule has 1 nitrogen and oxygen atoms in total. The number of hydrogen-bond donors (Lipinski definition) is 0. The number of halogens is 4. The SMILES string of the molecule is FC(F)(F)C1(c2cccc(Cl)c2)CO1. The smallest absolute Gasteiger partial charge is 0.355 e. The van der Waals surface area contributed by atoms with Gasteiger partial charge in [0.25, 0.3) is 0 Å². The fraction of sp³-hybridized carbons (Fsp3) is 0.333. The van der Waals surface area contributed by atoms with Crippen LogP contribution in [0.4, 0.5) is 13.2 Å². The predicted octanol–water partition coefficient (Wildman–Crippen LogP) is 3.13. The van der Waals surface area contributed by atoms with Gasteiger partial charge in [0.15, 0.2) is 0 Å². The molecule has 2 rings (SSSR count). The summed E-state index contributed by atoms with van der Waals surface area (Å²) in [7, 11) is 0. The van der Waals surface area contributed by atoms with Crippen LogP contribution < -0.4 is 0 Å².